The van der Waals surface area contributed by atoms with Crippen LogP contribution in [0.1, 0.15) is 37.9 Å². The highest BCUT2D eigenvalue weighted by molar-refractivity contribution is 8.00. The smallest absolute Gasteiger partial charge is 0.144 e. The van der Waals surface area contributed by atoms with E-state index in [9.17, 15) is 4.39 Å². The first-order valence-electron chi connectivity index (χ1n) is 7.03. The lowest BCUT2D eigenvalue weighted by Gasteiger charge is -2.25. The lowest BCUT2D eigenvalue weighted by molar-refractivity contribution is 0.505. The lowest BCUT2D eigenvalue weighted by atomic mass is 10.1. The van der Waals surface area contributed by atoms with Gasteiger partial charge in [0.1, 0.15) is 11.6 Å². The van der Waals surface area contributed by atoms with E-state index in [-0.39, 0.29) is 15.1 Å². The van der Waals surface area contributed by atoms with Gasteiger partial charge in [-0.15, -0.1) is 11.6 Å². The second-order valence-electron chi connectivity index (χ2n) is 5.83. The van der Waals surface area contributed by atoms with E-state index in [1.807, 2.05) is 18.7 Å². The summed E-state index contributed by atoms with van der Waals surface area (Å²) in [5.74, 6) is 1.52. The molecule has 2 atom stereocenters. The number of thioether (sulfide) groups is 1. The van der Waals surface area contributed by atoms with Crippen molar-refractivity contribution in [1.82, 2.24) is 9.55 Å². The van der Waals surface area contributed by atoms with Gasteiger partial charge in [0.15, 0.2) is 0 Å². The van der Waals surface area contributed by atoms with Crippen LogP contribution in [0.15, 0.2) is 12.1 Å². The molecule has 0 saturated carbocycles. The van der Waals surface area contributed by atoms with Crippen molar-refractivity contribution in [3.8, 4) is 0 Å². The van der Waals surface area contributed by atoms with E-state index in [4.69, 9.17) is 23.2 Å². The van der Waals surface area contributed by atoms with E-state index in [2.05, 4.69) is 16.5 Å². The van der Waals surface area contributed by atoms with Crippen molar-refractivity contribution in [2.45, 2.75) is 43.4 Å². The van der Waals surface area contributed by atoms with Gasteiger partial charge in [-0.2, -0.15) is 11.8 Å². The maximum absolute atomic E-state index is 13.7. The minimum absolute atomic E-state index is 0.127. The van der Waals surface area contributed by atoms with Crippen molar-refractivity contribution in [3.05, 3.63) is 28.8 Å². The minimum Gasteiger partial charge on any atom is -0.325 e. The molecule has 1 aliphatic heterocycles. The van der Waals surface area contributed by atoms with Crippen molar-refractivity contribution in [3.63, 3.8) is 0 Å². The summed E-state index contributed by atoms with van der Waals surface area (Å²) < 4.78 is 15.9. The number of hydrogen-bond acceptors (Lipinski definition) is 2. The summed E-state index contributed by atoms with van der Waals surface area (Å²) in [5, 5.41) is -0.101. The third-order valence-corrected chi connectivity index (χ3v) is 5.98. The van der Waals surface area contributed by atoms with E-state index in [0.717, 1.165) is 17.9 Å². The summed E-state index contributed by atoms with van der Waals surface area (Å²) in [6.45, 7) is 4.98. The van der Waals surface area contributed by atoms with Crippen LogP contribution in [0.2, 0.25) is 5.02 Å². The normalized spacial score (nSPS) is 23.9. The Morgan fingerprint density at radius 1 is 1.52 bits per heavy atom. The monoisotopic (exact) mass is 346 g/mol. The quantitative estimate of drug-likeness (QED) is 0.691. The fraction of sp³-hybridized carbons (Fsp3) is 0.533. The van der Waals surface area contributed by atoms with Gasteiger partial charge in [-0.3, -0.25) is 0 Å². The zero-order valence-corrected chi connectivity index (χ0v) is 14.3. The average Bonchev–Trinajstić information content (AvgIpc) is 2.97. The Labute approximate surface area is 138 Å². The Balaban J connectivity index is 2.13. The largest absolute Gasteiger partial charge is 0.325 e. The molecule has 2 aromatic rings. The molecule has 2 heterocycles. The van der Waals surface area contributed by atoms with Gasteiger partial charge in [0.2, 0.25) is 0 Å². The molecular weight excluding hydrogens is 330 g/mol. The van der Waals surface area contributed by atoms with Crippen molar-refractivity contribution in [1.29, 1.82) is 0 Å². The summed E-state index contributed by atoms with van der Waals surface area (Å²) in [4.78, 5) is 4.51. The molecule has 1 fully saturated rings. The number of fused-ring (bicyclic) bond motifs is 1. The third-order valence-electron chi connectivity index (χ3n) is 3.97. The molecule has 21 heavy (non-hydrogen) atoms. The molecule has 0 spiro atoms. The fourth-order valence-corrected chi connectivity index (χ4v) is 4.52. The molecule has 1 aromatic carbocycles. The standard InChI is InChI=1S/C15H17Cl2FN2S/c1-9(16)14-19-12-7-11(18)10(17)6-13(12)20(14)8-15(2)4-3-5-21-15/h6-7,9H,3-5,8H2,1-2H3. The van der Waals surface area contributed by atoms with Gasteiger partial charge in [0.25, 0.3) is 0 Å². The predicted octanol–water partition coefficient (Wildman–Crippen LogP) is 5.41. The van der Waals surface area contributed by atoms with Crippen molar-refractivity contribution < 1.29 is 4.39 Å². The van der Waals surface area contributed by atoms with E-state index in [1.165, 1.54) is 24.7 Å². The van der Waals surface area contributed by atoms with Gasteiger partial charge in [0, 0.05) is 17.4 Å². The van der Waals surface area contributed by atoms with Crippen molar-refractivity contribution >= 4 is 46.0 Å². The Bertz CT molecular complexity index is 678. The molecule has 0 radical (unpaired) electrons. The molecule has 114 valence electrons. The van der Waals surface area contributed by atoms with Gasteiger partial charge >= 0.3 is 0 Å². The zero-order valence-electron chi connectivity index (χ0n) is 12.0. The van der Waals surface area contributed by atoms with Crippen LogP contribution < -0.4 is 0 Å². The van der Waals surface area contributed by atoms with E-state index in [0.29, 0.717) is 5.52 Å². The van der Waals surface area contributed by atoms with Gasteiger partial charge in [-0.05, 0) is 38.5 Å². The van der Waals surface area contributed by atoms with Gasteiger partial charge in [-0.1, -0.05) is 11.6 Å². The van der Waals surface area contributed by atoms with Crippen molar-refractivity contribution in [2.75, 3.05) is 5.75 Å². The zero-order chi connectivity index (χ0) is 15.2. The number of rotatable bonds is 3. The third kappa shape index (κ3) is 2.90. The molecule has 2 nitrogen and oxygen atoms in total. The molecule has 1 aromatic heterocycles. The maximum atomic E-state index is 13.7. The highest BCUT2D eigenvalue weighted by atomic mass is 35.5. The van der Waals surface area contributed by atoms with Crippen LogP contribution in [-0.4, -0.2) is 20.1 Å². The Kier molecular flexibility index (Phi) is 4.15. The Morgan fingerprint density at radius 2 is 2.29 bits per heavy atom. The molecule has 3 rings (SSSR count). The highest BCUT2D eigenvalue weighted by Crippen LogP contribution is 2.41. The number of halogens is 3. The molecule has 0 aliphatic carbocycles. The van der Waals surface area contributed by atoms with Crippen molar-refractivity contribution in [2.24, 2.45) is 0 Å². The lowest BCUT2D eigenvalue weighted by Crippen LogP contribution is -2.25. The first-order chi connectivity index (χ1) is 9.89. The number of nitrogens with zero attached hydrogens (tertiary/aromatic N) is 2. The topological polar surface area (TPSA) is 17.8 Å². The summed E-state index contributed by atoms with van der Waals surface area (Å²) in [7, 11) is 0. The Morgan fingerprint density at radius 3 is 2.90 bits per heavy atom. The number of imidazole rings is 1. The molecule has 1 aliphatic rings. The van der Waals surface area contributed by atoms with Gasteiger partial charge < -0.3 is 4.57 Å². The van der Waals surface area contributed by atoms with Crippen LogP contribution >= 0.6 is 35.0 Å². The molecule has 6 heteroatoms. The first kappa shape index (κ1) is 15.4. The summed E-state index contributed by atoms with van der Waals surface area (Å²) >= 11 is 14.2. The molecule has 2 unspecified atom stereocenters. The van der Waals surface area contributed by atoms with E-state index < -0.39 is 5.82 Å². The van der Waals surface area contributed by atoms with Crippen LogP contribution in [0.3, 0.4) is 0 Å². The summed E-state index contributed by atoms with van der Waals surface area (Å²) in [6, 6.07) is 3.05. The number of aromatic nitrogens is 2. The molecule has 0 bridgehead atoms. The number of alkyl halides is 1. The molecule has 0 amide bonds. The average molecular weight is 347 g/mol. The second-order valence-corrected chi connectivity index (χ2v) is 8.57. The summed E-state index contributed by atoms with van der Waals surface area (Å²) in [5.41, 5.74) is 1.48. The molecule has 0 N–H and O–H groups in total. The van der Waals surface area contributed by atoms with E-state index >= 15 is 0 Å². The number of hydrogen-bond donors (Lipinski definition) is 0. The first-order valence-corrected chi connectivity index (χ1v) is 8.83. The fourth-order valence-electron chi connectivity index (χ4n) is 2.90. The van der Waals surface area contributed by atoms with Crippen LogP contribution in [-0.2, 0) is 6.54 Å². The van der Waals surface area contributed by atoms with Crippen LogP contribution in [0.25, 0.3) is 11.0 Å². The summed E-state index contributed by atoms with van der Waals surface area (Å²) in [6.07, 6.45) is 2.40. The van der Waals surface area contributed by atoms with Gasteiger partial charge in [0.05, 0.1) is 21.4 Å². The van der Waals surface area contributed by atoms with Crippen LogP contribution in [0, 0.1) is 5.82 Å². The van der Waals surface area contributed by atoms with Gasteiger partial charge in [-0.25, -0.2) is 9.37 Å². The Hall–Kier alpha value is -0.450. The molecular formula is C15H17Cl2FN2S. The highest BCUT2D eigenvalue weighted by Gasteiger charge is 2.32. The van der Waals surface area contributed by atoms with E-state index in [1.54, 1.807) is 6.07 Å². The van der Waals surface area contributed by atoms with Crippen LogP contribution in [0.5, 0.6) is 0 Å². The SMILES string of the molecule is CC(Cl)c1nc2cc(F)c(Cl)cc2n1CC1(C)CCCS1. The molecule has 1 saturated heterocycles. The number of benzene rings is 1. The minimum atomic E-state index is -0.441. The maximum Gasteiger partial charge on any atom is 0.144 e. The van der Waals surface area contributed by atoms with Crippen LogP contribution in [0.4, 0.5) is 4.39 Å². The second kappa shape index (κ2) is 5.64. The predicted molar refractivity (Wildman–Crippen MR) is 89.1 cm³/mol.